The third-order valence-corrected chi connectivity index (χ3v) is 3.19. The summed E-state index contributed by atoms with van der Waals surface area (Å²) in [6.45, 7) is 6.61. The molecule has 0 spiro atoms. The average molecular weight is 210 g/mol. The molecule has 82 valence electrons. The third-order valence-electron chi connectivity index (χ3n) is 3.19. The molecule has 0 saturated carbocycles. The molecule has 2 aromatic carbocycles. The number of rotatable bonds is 2. The van der Waals surface area contributed by atoms with E-state index in [1.54, 1.807) is 0 Å². The van der Waals surface area contributed by atoms with Crippen molar-refractivity contribution in [3.63, 3.8) is 0 Å². The standard InChI is InChI=1S/C16H18/c1-12-9-10-16(13(2)11-12)14(3)15-7-5-4-6-8-15/h4-11,14H,1-3H3/t14-/m1/s1. The van der Waals surface area contributed by atoms with Gasteiger partial charge in [0.1, 0.15) is 0 Å². The molecule has 2 aromatic rings. The van der Waals surface area contributed by atoms with Crippen molar-refractivity contribution in [1.29, 1.82) is 0 Å². The summed E-state index contributed by atoms with van der Waals surface area (Å²) in [5.41, 5.74) is 5.53. The first-order valence-electron chi connectivity index (χ1n) is 5.80. The van der Waals surface area contributed by atoms with Crippen LogP contribution in [0.15, 0.2) is 48.5 Å². The highest BCUT2D eigenvalue weighted by molar-refractivity contribution is 5.38. The molecule has 0 heterocycles. The Kier molecular flexibility index (Phi) is 3.09. The van der Waals surface area contributed by atoms with E-state index in [9.17, 15) is 0 Å². The van der Waals surface area contributed by atoms with E-state index in [2.05, 4.69) is 69.3 Å². The predicted octanol–water partition coefficient (Wildman–Crippen LogP) is 4.46. The maximum atomic E-state index is 2.27. The number of hydrogen-bond acceptors (Lipinski definition) is 0. The zero-order valence-electron chi connectivity index (χ0n) is 10.2. The summed E-state index contributed by atoms with van der Waals surface area (Å²) in [5.74, 6) is 0.474. The molecule has 1 atom stereocenters. The third kappa shape index (κ3) is 2.16. The molecule has 0 aliphatic carbocycles. The summed E-state index contributed by atoms with van der Waals surface area (Å²) in [7, 11) is 0. The van der Waals surface area contributed by atoms with Gasteiger partial charge in [-0.05, 0) is 30.5 Å². The Morgan fingerprint density at radius 3 is 2.19 bits per heavy atom. The SMILES string of the molecule is Cc1ccc([C@H](C)c2ccccc2)c(C)c1. The summed E-state index contributed by atoms with van der Waals surface area (Å²) in [5, 5.41) is 0. The molecular formula is C16H18. The second-order valence-corrected chi connectivity index (χ2v) is 4.49. The molecule has 0 fully saturated rings. The van der Waals surface area contributed by atoms with Crippen molar-refractivity contribution in [1.82, 2.24) is 0 Å². The molecule has 0 N–H and O–H groups in total. The largest absolute Gasteiger partial charge is 0.0622 e. The van der Waals surface area contributed by atoms with Crippen LogP contribution in [0.4, 0.5) is 0 Å². The van der Waals surface area contributed by atoms with Crippen LogP contribution in [-0.2, 0) is 0 Å². The van der Waals surface area contributed by atoms with Crippen molar-refractivity contribution in [2.75, 3.05) is 0 Å². The molecule has 0 aromatic heterocycles. The second-order valence-electron chi connectivity index (χ2n) is 4.49. The van der Waals surface area contributed by atoms with Gasteiger partial charge >= 0.3 is 0 Å². The highest BCUT2D eigenvalue weighted by Gasteiger charge is 2.09. The summed E-state index contributed by atoms with van der Waals surface area (Å²) in [4.78, 5) is 0. The van der Waals surface area contributed by atoms with Crippen LogP contribution in [0.5, 0.6) is 0 Å². The smallest absolute Gasteiger partial charge is 0.00636 e. The Labute approximate surface area is 97.9 Å². The molecule has 0 unspecified atom stereocenters. The fourth-order valence-electron chi connectivity index (χ4n) is 2.23. The van der Waals surface area contributed by atoms with Crippen LogP contribution in [-0.4, -0.2) is 0 Å². The Balaban J connectivity index is 2.38. The van der Waals surface area contributed by atoms with Crippen molar-refractivity contribution in [3.8, 4) is 0 Å². The highest BCUT2D eigenvalue weighted by Crippen LogP contribution is 2.26. The molecule has 0 saturated heterocycles. The fourth-order valence-corrected chi connectivity index (χ4v) is 2.23. The molecular weight excluding hydrogens is 192 g/mol. The molecule has 0 radical (unpaired) electrons. The minimum absolute atomic E-state index is 0.474. The van der Waals surface area contributed by atoms with Crippen LogP contribution < -0.4 is 0 Å². The van der Waals surface area contributed by atoms with Crippen LogP contribution >= 0.6 is 0 Å². The normalized spacial score (nSPS) is 12.4. The van der Waals surface area contributed by atoms with Crippen molar-refractivity contribution >= 4 is 0 Å². The summed E-state index contributed by atoms with van der Waals surface area (Å²) >= 11 is 0. The minimum Gasteiger partial charge on any atom is -0.0622 e. The monoisotopic (exact) mass is 210 g/mol. The summed E-state index contributed by atoms with van der Waals surface area (Å²) < 4.78 is 0. The topological polar surface area (TPSA) is 0 Å². The maximum absolute atomic E-state index is 2.27. The zero-order chi connectivity index (χ0) is 11.5. The average Bonchev–Trinajstić information content (AvgIpc) is 2.29. The first-order chi connectivity index (χ1) is 7.68. The van der Waals surface area contributed by atoms with E-state index >= 15 is 0 Å². The van der Waals surface area contributed by atoms with Gasteiger partial charge in [-0.15, -0.1) is 0 Å². The molecule has 16 heavy (non-hydrogen) atoms. The van der Waals surface area contributed by atoms with E-state index in [4.69, 9.17) is 0 Å². The molecule has 0 aliphatic rings. The van der Waals surface area contributed by atoms with E-state index in [0.29, 0.717) is 5.92 Å². The van der Waals surface area contributed by atoms with Gasteiger partial charge in [0.05, 0.1) is 0 Å². The quantitative estimate of drug-likeness (QED) is 0.686. The first-order valence-corrected chi connectivity index (χ1v) is 5.80. The summed E-state index contributed by atoms with van der Waals surface area (Å²) in [6, 6.07) is 17.4. The van der Waals surface area contributed by atoms with E-state index in [-0.39, 0.29) is 0 Å². The van der Waals surface area contributed by atoms with Crippen LogP contribution in [0.25, 0.3) is 0 Å². The van der Waals surface area contributed by atoms with Crippen molar-refractivity contribution in [3.05, 3.63) is 70.8 Å². The molecule has 0 nitrogen and oxygen atoms in total. The Morgan fingerprint density at radius 1 is 0.875 bits per heavy atom. The van der Waals surface area contributed by atoms with Crippen LogP contribution in [0, 0.1) is 13.8 Å². The fraction of sp³-hybridized carbons (Fsp3) is 0.250. The molecule has 0 heteroatoms. The number of hydrogen-bond donors (Lipinski definition) is 0. The number of benzene rings is 2. The first kappa shape index (κ1) is 10.9. The minimum atomic E-state index is 0.474. The van der Waals surface area contributed by atoms with E-state index < -0.39 is 0 Å². The second kappa shape index (κ2) is 4.52. The molecule has 0 bridgehead atoms. The van der Waals surface area contributed by atoms with Gasteiger partial charge in [-0.3, -0.25) is 0 Å². The Hall–Kier alpha value is -1.56. The Morgan fingerprint density at radius 2 is 1.56 bits per heavy atom. The van der Waals surface area contributed by atoms with Gasteiger partial charge in [-0.25, -0.2) is 0 Å². The molecule has 0 aliphatic heterocycles. The van der Waals surface area contributed by atoms with Gasteiger partial charge in [-0.2, -0.15) is 0 Å². The number of aryl methyl sites for hydroxylation is 2. The van der Waals surface area contributed by atoms with Gasteiger partial charge in [0, 0.05) is 5.92 Å². The van der Waals surface area contributed by atoms with E-state index in [1.165, 1.54) is 22.3 Å². The van der Waals surface area contributed by atoms with Gasteiger partial charge in [0.15, 0.2) is 0 Å². The lowest BCUT2D eigenvalue weighted by molar-refractivity contribution is 0.909. The zero-order valence-corrected chi connectivity index (χ0v) is 10.2. The van der Waals surface area contributed by atoms with E-state index in [1.807, 2.05) is 0 Å². The van der Waals surface area contributed by atoms with Crippen LogP contribution in [0.3, 0.4) is 0 Å². The van der Waals surface area contributed by atoms with Crippen LogP contribution in [0.1, 0.15) is 35.1 Å². The lowest BCUT2D eigenvalue weighted by Crippen LogP contribution is -1.98. The highest BCUT2D eigenvalue weighted by atomic mass is 14.1. The molecule has 0 amide bonds. The van der Waals surface area contributed by atoms with Crippen molar-refractivity contribution < 1.29 is 0 Å². The van der Waals surface area contributed by atoms with Gasteiger partial charge in [0.2, 0.25) is 0 Å². The lowest BCUT2D eigenvalue weighted by atomic mass is 9.89. The lowest BCUT2D eigenvalue weighted by Gasteiger charge is -2.15. The maximum Gasteiger partial charge on any atom is 0.00636 e. The van der Waals surface area contributed by atoms with E-state index in [0.717, 1.165) is 0 Å². The van der Waals surface area contributed by atoms with Crippen LogP contribution in [0.2, 0.25) is 0 Å². The van der Waals surface area contributed by atoms with Gasteiger partial charge in [-0.1, -0.05) is 61.0 Å². The predicted molar refractivity (Wildman–Crippen MR) is 69.9 cm³/mol. The van der Waals surface area contributed by atoms with Gasteiger partial charge < -0.3 is 0 Å². The summed E-state index contributed by atoms with van der Waals surface area (Å²) in [6.07, 6.45) is 0. The van der Waals surface area contributed by atoms with Crippen molar-refractivity contribution in [2.45, 2.75) is 26.7 Å². The van der Waals surface area contributed by atoms with Gasteiger partial charge in [0.25, 0.3) is 0 Å². The Bertz CT molecular complexity index is 469. The van der Waals surface area contributed by atoms with Crippen molar-refractivity contribution in [2.24, 2.45) is 0 Å². The molecule has 2 rings (SSSR count).